The van der Waals surface area contributed by atoms with Gasteiger partial charge in [0.15, 0.2) is 0 Å². The summed E-state index contributed by atoms with van der Waals surface area (Å²) in [4.78, 5) is 31.2. The number of aliphatic hydroxyl groups excluding tert-OH is 1. The van der Waals surface area contributed by atoms with Crippen molar-refractivity contribution in [2.45, 2.75) is 26.0 Å². The number of nitrogens with zero attached hydrogens (tertiary/aromatic N) is 2. The molecule has 1 aromatic heterocycles. The summed E-state index contributed by atoms with van der Waals surface area (Å²) in [6.45, 7) is 4.27. The highest BCUT2D eigenvalue weighted by Crippen LogP contribution is 2.38. The molecule has 0 saturated carbocycles. The molecule has 2 heterocycles. The van der Waals surface area contributed by atoms with Crippen molar-refractivity contribution in [1.29, 1.82) is 0 Å². The lowest BCUT2D eigenvalue weighted by Crippen LogP contribution is -2.33. The second kappa shape index (κ2) is 8.54. The number of aromatic nitrogens is 1. The molecule has 1 aliphatic rings. The second-order valence-corrected chi connectivity index (χ2v) is 7.11. The summed E-state index contributed by atoms with van der Waals surface area (Å²) in [6.07, 6.45) is 1.58. The van der Waals surface area contributed by atoms with E-state index in [1.54, 1.807) is 48.7 Å². The molecule has 1 aliphatic heterocycles. The molecule has 0 aliphatic carbocycles. The van der Waals surface area contributed by atoms with Gasteiger partial charge in [0.2, 0.25) is 0 Å². The largest absolute Gasteiger partial charge is 0.507 e. The van der Waals surface area contributed by atoms with E-state index in [9.17, 15) is 14.7 Å². The average Bonchev–Trinajstić information content (AvgIpc) is 2.93. The molecule has 1 amide bonds. The summed E-state index contributed by atoms with van der Waals surface area (Å²) < 4.78 is 5.55. The molecule has 1 atom stereocenters. The number of benzene rings is 1. The van der Waals surface area contributed by atoms with Gasteiger partial charge in [-0.05, 0) is 50.2 Å². The average molecular weight is 401 g/mol. The Morgan fingerprint density at radius 1 is 1.21 bits per heavy atom. The van der Waals surface area contributed by atoms with E-state index in [0.29, 0.717) is 16.3 Å². The van der Waals surface area contributed by atoms with E-state index in [2.05, 4.69) is 4.98 Å². The monoisotopic (exact) mass is 400 g/mol. The SMILES string of the molecule is CC(C)OCCN1C(=O)C(=O)/C(=C(\O)c2ccc(Cl)cc2)C1c1ccccn1. The maximum atomic E-state index is 12.8. The van der Waals surface area contributed by atoms with Gasteiger partial charge in [-0.1, -0.05) is 17.7 Å². The van der Waals surface area contributed by atoms with Crippen LogP contribution in [-0.4, -0.2) is 45.9 Å². The fourth-order valence-corrected chi connectivity index (χ4v) is 3.23. The van der Waals surface area contributed by atoms with E-state index in [4.69, 9.17) is 16.3 Å². The minimum atomic E-state index is -0.785. The first-order chi connectivity index (χ1) is 13.4. The zero-order valence-corrected chi connectivity index (χ0v) is 16.4. The number of rotatable bonds is 6. The third kappa shape index (κ3) is 4.08. The van der Waals surface area contributed by atoms with E-state index in [0.717, 1.165) is 0 Å². The number of hydrogen-bond donors (Lipinski definition) is 1. The predicted molar refractivity (Wildman–Crippen MR) is 106 cm³/mol. The van der Waals surface area contributed by atoms with Gasteiger partial charge in [-0.2, -0.15) is 0 Å². The van der Waals surface area contributed by atoms with E-state index < -0.39 is 17.7 Å². The molecule has 7 heteroatoms. The quantitative estimate of drug-likeness (QED) is 0.455. The van der Waals surface area contributed by atoms with E-state index in [1.807, 2.05) is 13.8 Å². The highest BCUT2D eigenvalue weighted by molar-refractivity contribution is 6.46. The van der Waals surface area contributed by atoms with Gasteiger partial charge < -0.3 is 14.7 Å². The highest BCUT2D eigenvalue weighted by Gasteiger charge is 2.46. The van der Waals surface area contributed by atoms with Gasteiger partial charge in [0, 0.05) is 23.3 Å². The van der Waals surface area contributed by atoms with Crippen LogP contribution in [0.5, 0.6) is 0 Å². The van der Waals surface area contributed by atoms with Crippen molar-refractivity contribution >= 4 is 29.1 Å². The number of amides is 1. The van der Waals surface area contributed by atoms with Crippen LogP contribution in [0.1, 0.15) is 31.1 Å². The maximum Gasteiger partial charge on any atom is 0.295 e. The summed E-state index contributed by atoms with van der Waals surface area (Å²) in [7, 11) is 0. The van der Waals surface area contributed by atoms with Crippen LogP contribution in [0.15, 0.2) is 54.2 Å². The number of Topliss-reactive ketones (excluding diaryl/α,β-unsaturated/α-hetero) is 1. The van der Waals surface area contributed by atoms with Crippen LogP contribution in [0.2, 0.25) is 5.02 Å². The lowest BCUT2D eigenvalue weighted by molar-refractivity contribution is -0.140. The van der Waals surface area contributed by atoms with Crippen LogP contribution in [-0.2, 0) is 14.3 Å². The number of halogens is 1. The van der Waals surface area contributed by atoms with Crippen molar-refractivity contribution in [3.8, 4) is 0 Å². The van der Waals surface area contributed by atoms with Gasteiger partial charge in [0.25, 0.3) is 11.7 Å². The van der Waals surface area contributed by atoms with Crippen LogP contribution < -0.4 is 0 Å². The lowest BCUT2D eigenvalue weighted by atomic mass is 9.98. The summed E-state index contributed by atoms with van der Waals surface area (Å²) in [5, 5.41) is 11.3. The number of likely N-dealkylation sites (tertiary alicyclic amines) is 1. The molecule has 6 nitrogen and oxygen atoms in total. The topological polar surface area (TPSA) is 79.7 Å². The van der Waals surface area contributed by atoms with Crippen molar-refractivity contribution in [2.24, 2.45) is 0 Å². The van der Waals surface area contributed by atoms with Crippen LogP contribution in [0.4, 0.5) is 0 Å². The zero-order chi connectivity index (χ0) is 20.3. The first-order valence-corrected chi connectivity index (χ1v) is 9.35. The van der Waals surface area contributed by atoms with E-state index in [1.165, 1.54) is 4.90 Å². The van der Waals surface area contributed by atoms with Crippen molar-refractivity contribution in [3.63, 3.8) is 0 Å². The minimum absolute atomic E-state index is 0.000750. The number of pyridine rings is 1. The highest BCUT2D eigenvalue weighted by atomic mass is 35.5. The summed E-state index contributed by atoms with van der Waals surface area (Å²) in [5.74, 6) is -1.68. The Morgan fingerprint density at radius 3 is 2.54 bits per heavy atom. The van der Waals surface area contributed by atoms with Gasteiger partial charge in [-0.15, -0.1) is 0 Å². The van der Waals surface area contributed by atoms with E-state index in [-0.39, 0.29) is 30.6 Å². The van der Waals surface area contributed by atoms with Crippen molar-refractivity contribution in [2.75, 3.05) is 13.2 Å². The third-order valence-corrected chi connectivity index (χ3v) is 4.66. The molecule has 3 rings (SSSR count). The van der Waals surface area contributed by atoms with Crippen molar-refractivity contribution in [1.82, 2.24) is 9.88 Å². The van der Waals surface area contributed by atoms with Gasteiger partial charge in [0.1, 0.15) is 11.8 Å². The Labute approximate surface area is 168 Å². The fourth-order valence-electron chi connectivity index (χ4n) is 3.11. The second-order valence-electron chi connectivity index (χ2n) is 6.67. The number of ether oxygens (including phenoxy) is 1. The summed E-state index contributed by atoms with van der Waals surface area (Å²) in [5.41, 5.74) is 0.916. The van der Waals surface area contributed by atoms with Crippen LogP contribution in [0.3, 0.4) is 0 Å². The Morgan fingerprint density at radius 2 is 1.93 bits per heavy atom. The molecule has 0 bridgehead atoms. The molecule has 1 unspecified atom stereocenters. The molecular formula is C21H21ClN2O4. The summed E-state index contributed by atoms with van der Waals surface area (Å²) in [6, 6.07) is 10.9. The Bertz CT molecular complexity index is 894. The van der Waals surface area contributed by atoms with Crippen LogP contribution in [0, 0.1) is 0 Å². The van der Waals surface area contributed by atoms with Gasteiger partial charge in [-0.25, -0.2) is 0 Å². The Kier molecular flexibility index (Phi) is 6.11. The van der Waals surface area contributed by atoms with Crippen molar-refractivity contribution in [3.05, 3.63) is 70.5 Å². The first-order valence-electron chi connectivity index (χ1n) is 8.97. The molecule has 28 heavy (non-hydrogen) atoms. The molecule has 2 aromatic rings. The molecule has 0 spiro atoms. The van der Waals surface area contributed by atoms with Crippen LogP contribution in [0.25, 0.3) is 5.76 Å². The van der Waals surface area contributed by atoms with Crippen molar-refractivity contribution < 1.29 is 19.4 Å². The normalized spacial score (nSPS) is 18.9. The Balaban J connectivity index is 2.06. The molecular weight excluding hydrogens is 380 g/mol. The fraction of sp³-hybridized carbons (Fsp3) is 0.286. The zero-order valence-electron chi connectivity index (χ0n) is 15.6. The minimum Gasteiger partial charge on any atom is -0.507 e. The molecule has 146 valence electrons. The number of carbonyl (C=O) groups is 2. The maximum absolute atomic E-state index is 12.8. The third-order valence-electron chi connectivity index (χ3n) is 4.41. The molecule has 1 fully saturated rings. The molecule has 1 aromatic carbocycles. The lowest BCUT2D eigenvalue weighted by Gasteiger charge is -2.24. The number of carbonyl (C=O) groups excluding carboxylic acids is 2. The summed E-state index contributed by atoms with van der Waals surface area (Å²) >= 11 is 5.91. The smallest absolute Gasteiger partial charge is 0.295 e. The van der Waals surface area contributed by atoms with Gasteiger partial charge in [-0.3, -0.25) is 14.6 Å². The first kappa shape index (κ1) is 20.0. The predicted octanol–water partition coefficient (Wildman–Crippen LogP) is 3.58. The standard InChI is InChI=1S/C21H21ClN2O4/c1-13(2)28-12-11-24-18(16-5-3-4-10-23-16)17(20(26)21(24)27)19(25)14-6-8-15(22)9-7-14/h3-10,13,18,25H,11-12H2,1-2H3/b19-17-. The van der Waals surface area contributed by atoms with Crippen LogP contribution >= 0.6 is 11.6 Å². The molecule has 0 radical (unpaired) electrons. The molecule has 1 N–H and O–H groups in total. The number of aliphatic hydroxyl groups is 1. The van der Waals surface area contributed by atoms with E-state index >= 15 is 0 Å². The Hall–Kier alpha value is -2.70. The molecule has 1 saturated heterocycles. The van der Waals surface area contributed by atoms with Gasteiger partial charge >= 0.3 is 0 Å². The number of hydrogen-bond acceptors (Lipinski definition) is 5. The van der Waals surface area contributed by atoms with Gasteiger partial charge in [0.05, 0.1) is 24.0 Å². The number of ketones is 1.